The number of thiophene rings is 1. The van der Waals surface area contributed by atoms with Gasteiger partial charge in [-0.25, -0.2) is 8.42 Å². The van der Waals surface area contributed by atoms with Gasteiger partial charge in [-0.15, -0.1) is 11.3 Å². The van der Waals surface area contributed by atoms with Crippen LogP contribution < -0.4 is 4.74 Å². The molecule has 1 aromatic carbocycles. The summed E-state index contributed by atoms with van der Waals surface area (Å²) in [6.07, 6.45) is 2.56. The molecular weight excluding hydrogens is 384 g/mol. The van der Waals surface area contributed by atoms with Crippen LogP contribution in [-0.4, -0.2) is 50.3 Å². The summed E-state index contributed by atoms with van der Waals surface area (Å²) in [7, 11) is -2.22. The molecule has 1 aromatic heterocycles. The van der Waals surface area contributed by atoms with Crippen molar-refractivity contribution in [2.45, 2.75) is 30.7 Å². The highest BCUT2D eigenvalue weighted by molar-refractivity contribution is 7.89. The zero-order valence-corrected chi connectivity index (χ0v) is 16.8. The Morgan fingerprint density at radius 2 is 1.93 bits per heavy atom. The summed E-state index contributed by atoms with van der Waals surface area (Å²) >= 11 is 1.72. The number of hydrogen-bond acceptors (Lipinski definition) is 5. The van der Waals surface area contributed by atoms with E-state index in [0.29, 0.717) is 31.7 Å². The number of nitrogens with zero attached hydrogens (tertiary/aromatic N) is 2. The van der Waals surface area contributed by atoms with Gasteiger partial charge in [0.15, 0.2) is 0 Å². The SMILES string of the molecule is COc1ccc(C(=O)N2CCc3sccc3C2)cc1S(=O)(=O)N1CCCC1. The molecule has 2 aliphatic heterocycles. The zero-order valence-electron chi connectivity index (χ0n) is 15.2. The minimum Gasteiger partial charge on any atom is -0.495 e. The van der Waals surface area contributed by atoms with Crippen LogP contribution in [0.5, 0.6) is 5.75 Å². The van der Waals surface area contributed by atoms with Gasteiger partial charge < -0.3 is 9.64 Å². The summed E-state index contributed by atoms with van der Waals surface area (Å²) in [6.45, 7) is 2.23. The number of methoxy groups -OCH3 is 1. The number of carbonyl (C=O) groups is 1. The molecular formula is C19H22N2O4S2. The van der Waals surface area contributed by atoms with Crippen molar-refractivity contribution in [2.75, 3.05) is 26.7 Å². The first-order valence-corrected chi connectivity index (χ1v) is 11.4. The summed E-state index contributed by atoms with van der Waals surface area (Å²) in [4.78, 5) is 16.2. The van der Waals surface area contributed by atoms with Gasteiger partial charge in [-0.3, -0.25) is 4.79 Å². The summed E-state index contributed by atoms with van der Waals surface area (Å²) in [5, 5.41) is 2.05. The van der Waals surface area contributed by atoms with E-state index in [1.165, 1.54) is 27.9 Å². The van der Waals surface area contributed by atoms with Crippen LogP contribution in [0.2, 0.25) is 0 Å². The maximum atomic E-state index is 13.0. The number of carbonyl (C=O) groups excluding carboxylic acids is 1. The smallest absolute Gasteiger partial charge is 0.254 e. The second kappa shape index (κ2) is 7.26. The van der Waals surface area contributed by atoms with Gasteiger partial charge in [-0.2, -0.15) is 4.31 Å². The number of fused-ring (bicyclic) bond motifs is 1. The quantitative estimate of drug-likeness (QED) is 0.783. The molecule has 1 fully saturated rings. The Balaban J connectivity index is 1.65. The van der Waals surface area contributed by atoms with E-state index in [1.807, 2.05) is 5.38 Å². The molecule has 0 atom stereocenters. The Morgan fingerprint density at radius 3 is 2.67 bits per heavy atom. The van der Waals surface area contributed by atoms with Gasteiger partial charge in [0.25, 0.3) is 5.91 Å². The highest BCUT2D eigenvalue weighted by Crippen LogP contribution is 2.31. The summed E-state index contributed by atoms with van der Waals surface area (Å²) in [6, 6.07) is 6.75. The van der Waals surface area contributed by atoms with E-state index < -0.39 is 10.0 Å². The van der Waals surface area contributed by atoms with Crippen LogP contribution in [0.1, 0.15) is 33.6 Å². The topological polar surface area (TPSA) is 66.9 Å². The Kier molecular flexibility index (Phi) is 4.96. The normalized spacial score (nSPS) is 17.7. The second-order valence-corrected chi connectivity index (χ2v) is 9.73. The van der Waals surface area contributed by atoms with Crippen molar-refractivity contribution in [1.29, 1.82) is 0 Å². The first kappa shape index (κ1) is 18.5. The largest absolute Gasteiger partial charge is 0.495 e. The number of sulfonamides is 1. The number of ether oxygens (including phenoxy) is 1. The van der Waals surface area contributed by atoms with Gasteiger partial charge in [0, 0.05) is 36.6 Å². The fourth-order valence-electron chi connectivity index (χ4n) is 3.68. The standard InChI is InChI=1S/C19H22N2O4S2/c1-25-16-5-4-14(12-18(16)27(23,24)21-8-2-3-9-21)19(22)20-10-6-17-15(13-20)7-11-26-17/h4-5,7,11-12H,2-3,6,8-10,13H2,1H3. The fourth-order valence-corrected chi connectivity index (χ4v) is 6.27. The van der Waals surface area contributed by atoms with Gasteiger partial charge in [-0.1, -0.05) is 0 Å². The van der Waals surface area contributed by atoms with Gasteiger partial charge in [0.1, 0.15) is 10.6 Å². The third-order valence-corrected chi connectivity index (χ3v) is 8.13. The van der Waals surface area contributed by atoms with Crippen molar-refractivity contribution in [1.82, 2.24) is 9.21 Å². The predicted molar refractivity (Wildman–Crippen MR) is 104 cm³/mol. The average Bonchev–Trinajstić information content (AvgIpc) is 3.38. The van der Waals surface area contributed by atoms with Crippen molar-refractivity contribution >= 4 is 27.3 Å². The molecule has 1 amide bonds. The molecule has 0 spiro atoms. The van der Waals surface area contributed by atoms with Crippen molar-refractivity contribution in [3.05, 3.63) is 45.6 Å². The molecule has 27 heavy (non-hydrogen) atoms. The van der Waals surface area contributed by atoms with Crippen LogP contribution in [0.15, 0.2) is 34.5 Å². The Bertz CT molecular complexity index is 962. The molecule has 2 aliphatic rings. The molecule has 1 saturated heterocycles. The second-order valence-electron chi connectivity index (χ2n) is 6.82. The predicted octanol–water partition coefficient (Wildman–Crippen LogP) is 2.74. The molecule has 3 heterocycles. The van der Waals surface area contributed by atoms with Crippen LogP contribution in [-0.2, 0) is 23.0 Å². The highest BCUT2D eigenvalue weighted by atomic mass is 32.2. The van der Waals surface area contributed by atoms with E-state index in [-0.39, 0.29) is 16.6 Å². The van der Waals surface area contributed by atoms with Gasteiger partial charge in [0.2, 0.25) is 10.0 Å². The minimum atomic E-state index is -3.67. The molecule has 6 nitrogen and oxygen atoms in total. The van der Waals surface area contributed by atoms with Gasteiger partial charge >= 0.3 is 0 Å². The molecule has 0 aliphatic carbocycles. The summed E-state index contributed by atoms with van der Waals surface area (Å²) in [5.41, 5.74) is 1.56. The maximum Gasteiger partial charge on any atom is 0.254 e. The van der Waals surface area contributed by atoms with Crippen LogP contribution in [0, 0.1) is 0 Å². The lowest BCUT2D eigenvalue weighted by atomic mass is 10.1. The van der Waals surface area contributed by atoms with E-state index in [1.54, 1.807) is 28.4 Å². The molecule has 0 saturated carbocycles. The third kappa shape index (κ3) is 3.37. The lowest BCUT2D eigenvalue weighted by Gasteiger charge is -2.27. The van der Waals surface area contributed by atoms with E-state index in [2.05, 4.69) is 6.07 Å². The van der Waals surface area contributed by atoms with E-state index in [9.17, 15) is 13.2 Å². The molecule has 8 heteroatoms. The molecule has 144 valence electrons. The molecule has 0 bridgehead atoms. The third-order valence-electron chi connectivity index (χ3n) is 5.19. The monoisotopic (exact) mass is 406 g/mol. The lowest BCUT2D eigenvalue weighted by Crippen LogP contribution is -2.35. The molecule has 0 radical (unpaired) electrons. The molecule has 0 unspecified atom stereocenters. The van der Waals surface area contributed by atoms with Crippen molar-refractivity contribution < 1.29 is 17.9 Å². The number of amides is 1. The lowest BCUT2D eigenvalue weighted by molar-refractivity contribution is 0.0735. The molecule has 0 N–H and O–H groups in total. The molecule has 2 aromatic rings. The van der Waals surface area contributed by atoms with Gasteiger partial charge in [-0.05, 0) is 54.5 Å². The van der Waals surface area contributed by atoms with Crippen LogP contribution in [0.3, 0.4) is 0 Å². The number of rotatable bonds is 4. The van der Waals surface area contributed by atoms with Crippen molar-refractivity contribution in [2.24, 2.45) is 0 Å². The van der Waals surface area contributed by atoms with Crippen molar-refractivity contribution in [3.63, 3.8) is 0 Å². The summed E-state index contributed by atoms with van der Waals surface area (Å²) < 4.78 is 32.8. The summed E-state index contributed by atoms with van der Waals surface area (Å²) in [5.74, 6) is 0.129. The zero-order chi connectivity index (χ0) is 19.0. The maximum absolute atomic E-state index is 13.0. The average molecular weight is 407 g/mol. The Hall–Kier alpha value is -1.90. The first-order chi connectivity index (χ1) is 13.0. The van der Waals surface area contributed by atoms with Gasteiger partial charge in [0.05, 0.1) is 7.11 Å². The highest BCUT2D eigenvalue weighted by Gasteiger charge is 2.31. The number of hydrogen-bond donors (Lipinski definition) is 0. The van der Waals surface area contributed by atoms with Crippen LogP contribution in [0.25, 0.3) is 0 Å². The minimum absolute atomic E-state index is 0.0750. The van der Waals surface area contributed by atoms with E-state index in [0.717, 1.165) is 19.3 Å². The van der Waals surface area contributed by atoms with Crippen molar-refractivity contribution in [3.8, 4) is 5.75 Å². The fraction of sp³-hybridized carbons (Fsp3) is 0.421. The Labute approximate surface area is 163 Å². The van der Waals surface area contributed by atoms with E-state index >= 15 is 0 Å². The molecule has 4 rings (SSSR count). The van der Waals surface area contributed by atoms with E-state index in [4.69, 9.17) is 4.74 Å². The number of benzene rings is 1. The van der Waals surface area contributed by atoms with Crippen LogP contribution >= 0.6 is 11.3 Å². The first-order valence-electron chi connectivity index (χ1n) is 9.03. The Morgan fingerprint density at radius 1 is 1.15 bits per heavy atom. The van der Waals surface area contributed by atoms with Crippen LogP contribution in [0.4, 0.5) is 0 Å².